The van der Waals surface area contributed by atoms with Crippen LogP contribution in [0.4, 0.5) is 4.39 Å². The minimum absolute atomic E-state index is 0.112. The predicted octanol–water partition coefficient (Wildman–Crippen LogP) is 4.84. The molecule has 1 amide bonds. The smallest absolute Gasteiger partial charge is 0.290 e. The summed E-state index contributed by atoms with van der Waals surface area (Å²) < 4.78 is 31.0. The van der Waals surface area contributed by atoms with Gasteiger partial charge in [-0.1, -0.05) is 29.8 Å². The number of carbonyl (C=O) groups is 2. The lowest BCUT2D eigenvalue weighted by atomic mass is 9.77. The van der Waals surface area contributed by atoms with Crippen molar-refractivity contribution in [2.75, 3.05) is 20.8 Å². The number of amides is 1. The Bertz CT molecular complexity index is 1180. The van der Waals surface area contributed by atoms with Gasteiger partial charge in [-0.15, -0.1) is 0 Å². The molecular formula is C27H27ClFNO5. The molecule has 0 radical (unpaired) electrons. The molecule has 2 aromatic carbocycles. The van der Waals surface area contributed by atoms with E-state index in [-0.39, 0.29) is 23.9 Å². The van der Waals surface area contributed by atoms with Crippen molar-refractivity contribution in [3.05, 3.63) is 69.9 Å². The van der Waals surface area contributed by atoms with Crippen LogP contribution in [0.3, 0.4) is 0 Å². The van der Waals surface area contributed by atoms with Crippen LogP contribution in [0.2, 0.25) is 5.02 Å². The Morgan fingerprint density at radius 2 is 1.80 bits per heavy atom. The highest BCUT2D eigenvalue weighted by Gasteiger charge is 2.52. The van der Waals surface area contributed by atoms with E-state index in [0.29, 0.717) is 47.9 Å². The van der Waals surface area contributed by atoms with Gasteiger partial charge in [0.05, 0.1) is 31.8 Å². The molecule has 3 aliphatic rings. The van der Waals surface area contributed by atoms with Gasteiger partial charge in [0.2, 0.25) is 0 Å². The monoisotopic (exact) mass is 499 g/mol. The summed E-state index contributed by atoms with van der Waals surface area (Å²) in [6, 6.07) is 12.1. The third kappa shape index (κ3) is 4.27. The maximum absolute atomic E-state index is 14.2. The zero-order chi connectivity index (χ0) is 24.7. The molecule has 2 heterocycles. The fraction of sp³-hybridized carbons (Fsp3) is 0.407. The first-order valence-corrected chi connectivity index (χ1v) is 12.2. The number of hydrogen-bond donors (Lipinski definition) is 0. The van der Waals surface area contributed by atoms with Crippen LogP contribution < -0.4 is 9.47 Å². The van der Waals surface area contributed by atoms with Gasteiger partial charge in [-0.05, 0) is 61.1 Å². The number of Topliss-reactive ketones (excluding diaryl/α,β-unsaturated/α-hetero) is 1. The van der Waals surface area contributed by atoms with Crippen molar-refractivity contribution in [1.82, 2.24) is 4.90 Å². The van der Waals surface area contributed by atoms with Gasteiger partial charge in [-0.2, -0.15) is 0 Å². The molecule has 0 N–H and O–H groups in total. The molecule has 0 saturated heterocycles. The van der Waals surface area contributed by atoms with Gasteiger partial charge < -0.3 is 19.1 Å². The van der Waals surface area contributed by atoms with Crippen molar-refractivity contribution in [2.24, 2.45) is 5.92 Å². The van der Waals surface area contributed by atoms with Crippen molar-refractivity contribution in [1.29, 1.82) is 0 Å². The normalized spacial score (nSPS) is 25.8. The van der Waals surface area contributed by atoms with Gasteiger partial charge in [0.15, 0.2) is 23.0 Å². The van der Waals surface area contributed by atoms with E-state index >= 15 is 0 Å². The van der Waals surface area contributed by atoms with Crippen molar-refractivity contribution in [3.63, 3.8) is 0 Å². The first-order chi connectivity index (χ1) is 16.9. The largest absolute Gasteiger partial charge is 0.493 e. The molecular weight excluding hydrogens is 473 g/mol. The number of rotatable bonds is 6. The van der Waals surface area contributed by atoms with E-state index in [0.717, 1.165) is 11.1 Å². The molecule has 184 valence electrons. The minimum Gasteiger partial charge on any atom is -0.493 e. The summed E-state index contributed by atoms with van der Waals surface area (Å²) in [4.78, 5) is 28.9. The molecule has 6 nitrogen and oxygen atoms in total. The maximum Gasteiger partial charge on any atom is 0.290 e. The summed E-state index contributed by atoms with van der Waals surface area (Å²) in [6.07, 6.45) is -0.0435. The Kier molecular flexibility index (Phi) is 6.45. The van der Waals surface area contributed by atoms with Crippen LogP contribution in [0.1, 0.15) is 36.4 Å². The standard InChI is InChI=1S/C27H27ClFNO5/c1-33-21-9-3-15(13-22(21)34-2)11-12-30-24(16-4-6-17(28)7-5-16)23-25(31)19-14-18(29)8-10-20(19)35-26(23)27(30)32/h3-7,9,13,18-20,24H,8,10-12,14H2,1-2H3. The molecule has 0 spiro atoms. The van der Waals surface area contributed by atoms with E-state index < -0.39 is 24.2 Å². The molecule has 1 aliphatic carbocycles. The number of nitrogens with zero attached hydrogens (tertiary/aromatic N) is 1. The van der Waals surface area contributed by atoms with E-state index in [1.54, 1.807) is 31.3 Å². The van der Waals surface area contributed by atoms with Gasteiger partial charge in [-0.25, -0.2) is 4.39 Å². The number of halogens is 2. The van der Waals surface area contributed by atoms with Crippen LogP contribution in [0.15, 0.2) is 53.8 Å². The maximum atomic E-state index is 14.2. The third-order valence-electron chi connectivity index (χ3n) is 7.15. The van der Waals surface area contributed by atoms with Crippen molar-refractivity contribution >= 4 is 23.3 Å². The Morgan fingerprint density at radius 1 is 1.06 bits per heavy atom. The highest BCUT2D eigenvalue weighted by Crippen LogP contribution is 2.47. The fourth-order valence-electron chi connectivity index (χ4n) is 5.37. The number of benzene rings is 2. The average Bonchev–Trinajstić information content (AvgIpc) is 3.15. The lowest BCUT2D eigenvalue weighted by molar-refractivity contribution is -0.136. The SMILES string of the molecule is COc1ccc(CCN2C(=O)C3=C(C(=O)C4CC(F)CCC4O3)C2c2ccc(Cl)cc2)cc1OC. The topological polar surface area (TPSA) is 65.1 Å². The van der Waals surface area contributed by atoms with Gasteiger partial charge >= 0.3 is 0 Å². The first kappa shape index (κ1) is 23.7. The van der Waals surface area contributed by atoms with Crippen molar-refractivity contribution in [3.8, 4) is 11.5 Å². The van der Waals surface area contributed by atoms with Crippen LogP contribution in [-0.4, -0.2) is 49.6 Å². The lowest BCUT2D eigenvalue weighted by Gasteiger charge is -2.36. The second-order valence-electron chi connectivity index (χ2n) is 9.17. The van der Waals surface area contributed by atoms with E-state index in [2.05, 4.69) is 0 Å². The van der Waals surface area contributed by atoms with Crippen molar-refractivity contribution < 1.29 is 28.2 Å². The number of ether oxygens (including phenoxy) is 3. The summed E-state index contributed by atoms with van der Waals surface area (Å²) in [5.41, 5.74) is 2.06. The molecule has 35 heavy (non-hydrogen) atoms. The van der Waals surface area contributed by atoms with E-state index in [1.165, 1.54) is 0 Å². The van der Waals surface area contributed by atoms with E-state index in [4.69, 9.17) is 25.8 Å². The molecule has 1 saturated carbocycles. The molecule has 2 aliphatic heterocycles. The minimum atomic E-state index is -1.03. The summed E-state index contributed by atoms with van der Waals surface area (Å²) in [5.74, 6) is 0.284. The second kappa shape index (κ2) is 9.53. The quantitative estimate of drug-likeness (QED) is 0.569. The van der Waals surface area contributed by atoms with Gasteiger partial charge in [0.25, 0.3) is 5.91 Å². The number of alkyl halides is 1. The average molecular weight is 500 g/mol. The van der Waals surface area contributed by atoms with Crippen LogP contribution in [0, 0.1) is 5.92 Å². The number of methoxy groups -OCH3 is 2. The van der Waals surface area contributed by atoms with E-state index in [1.807, 2.05) is 30.3 Å². The van der Waals surface area contributed by atoms with Gasteiger partial charge in [0, 0.05) is 11.6 Å². The Labute approximate surface area is 208 Å². The third-order valence-corrected chi connectivity index (χ3v) is 7.41. The molecule has 4 unspecified atom stereocenters. The van der Waals surface area contributed by atoms with Crippen molar-refractivity contribution in [2.45, 2.75) is 44.0 Å². The molecule has 5 rings (SSSR count). The Balaban J connectivity index is 1.47. The van der Waals surface area contributed by atoms with Crippen LogP contribution in [0.25, 0.3) is 0 Å². The summed E-state index contributed by atoms with van der Waals surface area (Å²) >= 11 is 6.10. The predicted molar refractivity (Wildman–Crippen MR) is 128 cm³/mol. The summed E-state index contributed by atoms with van der Waals surface area (Å²) in [6.45, 7) is 0.353. The van der Waals surface area contributed by atoms with Gasteiger partial charge in [0.1, 0.15) is 12.3 Å². The van der Waals surface area contributed by atoms with E-state index in [9.17, 15) is 14.0 Å². The highest BCUT2D eigenvalue weighted by molar-refractivity contribution is 6.30. The van der Waals surface area contributed by atoms with Gasteiger partial charge in [-0.3, -0.25) is 9.59 Å². The lowest BCUT2D eigenvalue weighted by Crippen LogP contribution is -2.42. The zero-order valence-corrected chi connectivity index (χ0v) is 20.4. The fourth-order valence-corrected chi connectivity index (χ4v) is 5.50. The summed E-state index contributed by atoms with van der Waals surface area (Å²) in [7, 11) is 3.15. The number of ketones is 1. The molecule has 0 aromatic heterocycles. The Hall–Kier alpha value is -3.06. The first-order valence-electron chi connectivity index (χ1n) is 11.8. The number of hydrogen-bond acceptors (Lipinski definition) is 5. The zero-order valence-electron chi connectivity index (χ0n) is 19.6. The highest BCUT2D eigenvalue weighted by atomic mass is 35.5. The Morgan fingerprint density at radius 3 is 2.51 bits per heavy atom. The number of fused-ring (bicyclic) bond motifs is 1. The molecule has 2 aromatic rings. The summed E-state index contributed by atoms with van der Waals surface area (Å²) in [5, 5.41) is 0.558. The van der Waals surface area contributed by atoms with Crippen LogP contribution in [0.5, 0.6) is 11.5 Å². The van der Waals surface area contributed by atoms with Crippen LogP contribution >= 0.6 is 11.6 Å². The molecule has 1 fully saturated rings. The van der Waals surface area contributed by atoms with Crippen LogP contribution in [-0.2, 0) is 20.7 Å². The molecule has 0 bridgehead atoms. The second-order valence-corrected chi connectivity index (χ2v) is 9.61. The molecule has 8 heteroatoms. The molecule has 4 atom stereocenters. The number of carbonyl (C=O) groups excluding carboxylic acids is 2.